The van der Waals surface area contributed by atoms with Crippen molar-refractivity contribution in [2.24, 2.45) is 0 Å². The fraction of sp³-hybridized carbons (Fsp3) is 1.00. The summed E-state index contributed by atoms with van der Waals surface area (Å²) in [5, 5.41) is 0.379. The summed E-state index contributed by atoms with van der Waals surface area (Å²) in [4.78, 5) is 0. The quantitative estimate of drug-likeness (QED) is 0.718. The Balaban J connectivity index is 2.08. The summed E-state index contributed by atoms with van der Waals surface area (Å²) >= 11 is 3.36. The number of sulfonamides is 1. The molecule has 2 unspecified atom stereocenters. The molecule has 0 amide bonds. The first kappa shape index (κ1) is 14.7. The number of rotatable bonds is 3. The molecule has 2 rings (SSSR count). The third-order valence-corrected chi connectivity index (χ3v) is 6.47. The maximum atomic E-state index is 12.5. The molecule has 0 aromatic rings. The van der Waals surface area contributed by atoms with Gasteiger partial charge in [0.15, 0.2) is 0 Å². The minimum Gasteiger partial charge on any atom is -0.381 e. The number of hydrogen-bond acceptors (Lipinski definition) is 4. The largest absolute Gasteiger partial charge is 0.381 e. The van der Waals surface area contributed by atoms with Crippen molar-refractivity contribution in [2.45, 2.75) is 37.2 Å². The topological polar surface area (TPSA) is 55.8 Å². The average molecular weight is 342 g/mol. The van der Waals surface area contributed by atoms with Crippen molar-refractivity contribution >= 4 is 26.0 Å². The van der Waals surface area contributed by atoms with E-state index in [4.69, 9.17) is 9.47 Å². The minimum atomic E-state index is -3.21. The summed E-state index contributed by atoms with van der Waals surface area (Å²) in [6, 6.07) is 0. The van der Waals surface area contributed by atoms with Crippen LogP contribution >= 0.6 is 15.9 Å². The Hall–Kier alpha value is 0.310. The van der Waals surface area contributed by atoms with Crippen molar-refractivity contribution in [3.8, 4) is 0 Å². The third kappa shape index (κ3) is 3.25. The molecule has 5 nitrogen and oxygen atoms in total. The summed E-state index contributed by atoms with van der Waals surface area (Å²) in [5.74, 6) is 0. The van der Waals surface area contributed by atoms with Gasteiger partial charge in [-0.05, 0) is 19.8 Å². The lowest BCUT2D eigenvalue weighted by Gasteiger charge is -2.37. The summed E-state index contributed by atoms with van der Waals surface area (Å²) in [6.45, 7) is 3.93. The average Bonchev–Trinajstić information content (AvgIpc) is 2.39. The molecule has 7 heteroatoms. The maximum Gasteiger partial charge on any atom is 0.217 e. The number of morpholine rings is 1. The van der Waals surface area contributed by atoms with Crippen LogP contribution in [0.15, 0.2) is 0 Å². The Kier molecular flexibility index (Phi) is 5.05. The van der Waals surface area contributed by atoms with E-state index in [-0.39, 0.29) is 17.5 Å². The van der Waals surface area contributed by atoms with Gasteiger partial charge in [-0.15, -0.1) is 0 Å². The second-order valence-corrected chi connectivity index (χ2v) is 7.76. The van der Waals surface area contributed by atoms with Crippen LogP contribution in [-0.4, -0.2) is 61.8 Å². The van der Waals surface area contributed by atoms with Gasteiger partial charge >= 0.3 is 0 Å². The van der Waals surface area contributed by atoms with Gasteiger partial charge in [0, 0.05) is 31.6 Å². The van der Waals surface area contributed by atoms with Crippen LogP contribution in [0.2, 0.25) is 0 Å². The van der Waals surface area contributed by atoms with Gasteiger partial charge in [0.1, 0.15) is 0 Å². The molecule has 0 spiro atoms. The molecule has 2 heterocycles. The molecule has 2 aliphatic rings. The van der Waals surface area contributed by atoms with Gasteiger partial charge < -0.3 is 9.47 Å². The SMILES string of the molecule is CC1CN(S(=O)(=O)C2CCOCC2)CC(CBr)O1. The Labute approximate surface area is 117 Å². The Bertz CT molecular complexity index is 369. The first-order valence-corrected chi connectivity index (χ1v) is 8.94. The standard InChI is InChI=1S/C11H20BrNO4S/c1-9-7-13(8-10(6-12)17-9)18(14,15)11-2-4-16-5-3-11/h9-11H,2-8H2,1H3. The van der Waals surface area contributed by atoms with E-state index in [1.165, 1.54) is 0 Å². The molecule has 0 saturated carbocycles. The second-order valence-electron chi connectivity index (χ2n) is 4.90. The van der Waals surface area contributed by atoms with Crippen molar-refractivity contribution < 1.29 is 17.9 Å². The predicted molar refractivity (Wildman–Crippen MR) is 72.5 cm³/mol. The highest BCUT2D eigenvalue weighted by atomic mass is 79.9. The molecule has 0 radical (unpaired) electrons. The van der Waals surface area contributed by atoms with E-state index in [2.05, 4.69) is 15.9 Å². The zero-order valence-corrected chi connectivity index (χ0v) is 13.0. The van der Waals surface area contributed by atoms with Crippen LogP contribution in [0.4, 0.5) is 0 Å². The van der Waals surface area contributed by atoms with Crippen LogP contribution < -0.4 is 0 Å². The Morgan fingerprint density at radius 3 is 2.56 bits per heavy atom. The molecule has 0 aliphatic carbocycles. The number of halogens is 1. The van der Waals surface area contributed by atoms with E-state index >= 15 is 0 Å². The molecule has 2 aliphatic heterocycles. The van der Waals surface area contributed by atoms with E-state index in [0.29, 0.717) is 44.5 Å². The normalized spacial score (nSPS) is 32.6. The van der Waals surface area contributed by atoms with E-state index in [1.54, 1.807) is 4.31 Å². The van der Waals surface area contributed by atoms with Crippen LogP contribution in [-0.2, 0) is 19.5 Å². The summed E-state index contributed by atoms with van der Waals surface area (Å²) < 4.78 is 37.6. The number of alkyl halides is 1. The van der Waals surface area contributed by atoms with Gasteiger partial charge in [-0.2, -0.15) is 4.31 Å². The maximum absolute atomic E-state index is 12.5. The summed E-state index contributed by atoms with van der Waals surface area (Å²) in [7, 11) is -3.21. The fourth-order valence-corrected chi connectivity index (χ4v) is 4.84. The van der Waals surface area contributed by atoms with E-state index < -0.39 is 10.0 Å². The van der Waals surface area contributed by atoms with Crippen molar-refractivity contribution in [1.82, 2.24) is 4.31 Å². The lowest BCUT2D eigenvalue weighted by atomic mass is 10.2. The van der Waals surface area contributed by atoms with Crippen molar-refractivity contribution in [3.05, 3.63) is 0 Å². The third-order valence-electron chi connectivity index (χ3n) is 3.41. The molecule has 2 saturated heterocycles. The monoisotopic (exact) mass is 341 g/mol. The van der Waals surface area contributed by atoms with Crippen molar-refractivity contribution in [3.63, 3.8) is 0 Å². The molecule has 0 N–H and O–H groups in total. The van der Waals surface area contributed by atoms with E-state index in [0.717, 1.165) is 0 Å². The number of hydrogen-bond donors (Lipinski definition) is 0. The molecule has 18 heavy (non-hydrogen) atoms. The Morgan fingerprint density at radius 2 is 1.94 bits per heavy atom. The summed E-state index contributed by atoms with van der Waals surface area (Å²) in [5.41, 5.74) is 0. The van der Waals surface area contributed by atoms with Crippen LogP contribution in [0.25, 0.3) is 0 Å². The zero-order chi connectivity index (χ0) is 13.2. The smallest absolute Gasteiger partial charge is 0.217 e. The van der Waals surface area contributed by atoms with Crippen LogP contribution in [0.1, 0.15) is 19.8 Å². The van der Waals surface area contributed by atoms with Gasteiger partial charge in [0.2, 0.25) is 10.0 Å². The van der Waals surface area contributed by atoms with Crippen LogP contribution in [0.5, 0.6) is 0 Å². The van der Waals surface area contributed by atoms with Gasteiger partial charge in [0.25, 0.3) is 0 Å². The molecule has 106 valence electrons. The highest BCUT2D eigenvalue weighted by Crippen LogP contribution is 2.23. The van der Waals surface area contributed by atoms with Gasteiger partial charge in [-0.1, -0.05) is 15.9 Å². The number of ether oxygens (including phenoxy) is 2. The Morgan fingerprint density at radius 1 is 1.28 bits per heavy atom. The van der Waals surface area contributed by atoms with Gasteiger partial charge in [-0.3, -0.25) is 0 Å². The molecular formula is C11H20BrNO4S. The fourth-order valence-electron chi connectivity index (χ4n) is 2.48. The highest BCUT2D eigenvalue weighted by Gasteiger charge is 2.37. The van der Waals surface area contributed by atoms with Gasteiger partial charge in [0.05, 0.1) is 17.5 Å². The highest BCUT2D eigenvalue weighted by molar-refractivity contribution is 9.09. The van der Waals surface area contributed by atoms with E-state index in [1.807, 2.05) is 6.92 Å². The predicted octanol–water partition coefficient (Wildman–Crippen LogP) is 0.979. The van der Waals surface area contributed by atoms with Crippen LogP contribution in [0.3, 0.4) is 0 Å². The second kappa shape index (κ2) is 6.17. The molecule has 2 atom stereocenters. The molecular weight excluding hydrogens is 322 g/mol. The molecule has 0 bridgehead atoms. The lowest BCUT2D eigenvalue weighted by molar-refractivity contribution is -0.0416. The van der Waals surface area contributed by atoms with Gasteiger partial charge in [-0.25, -0.2) is 8.42 Å². The first-order chi connectivity index (χ1) is 8.54. The first-order valence-electron chi connectivity index (χ1n) is 6.32. The zero-order valence-electron chi connectivity index (χ0n) is 10.5. The lowest BCUT2D eigenvalue weighted by Crippen LogP contribution is -2.52. The number of nitrogens with zero attached hydrogens (tertiary/aromatic N) is 1. The summed E-state index contributed by atoms with van der Waals surface area (Å²) in [6.07, 6.45) is 1.11. The molecule has 2 fully saturated rings. The van der Waals surface area contributed by atoms with Crippen LogP contribution in [0, 0.1) is 0 Å². The minimum absolute atomic E-state index is 0.0454. The van der Waals surface area contributed by atoms with Crippen molar-refractivity contribution in [1.29, 1.82) is 0 Å². The van der Waals surface area contributed by atoms with Crippen molar-refractivity contribution in [2.75, 3.05) is 31.6 Å². The van der Waals surface area contributed by atoms with E-state index in [9.17, 15) is 8.42 Å². The molecule has 0 aromatic carbocycles. The molecule has 0 aromatic heterocycles.